The Hall–Kier alpha value is -1.00. The minimum atomic E-state index is -0.328. The second kappa shape index (κ2) is 4.02. The van der Waals surface area contributed by atoms with Crippen LogP contribution in [-0.4, -0.2) is 10.2 Å². The van der Waals surface area contributed by atoms with Crippen LogP contribution in [0.5, 0.6) is 0 Å². The number of rotatable bonds is 2. The van der Waals surface area contributed by atoms with Gasteiger partial charge in [0.2, 0.25) is 0 Å². The van der Waals surface area contributed by atoms with Crippen LogP contribution in [0.3, 0.4) is 0 Å². The summed E-state index contributed by atoms with van der Waals surface area (Å²) >= 11 is 7.05. The molecule has 14 heavy (non-hydrogen) atoms. The summed E-state index contributed by atoms with van der Waals surface area (Å²) in [6.07, 6.45) is 1.68. The molecule has 0 saturated heterocycles. The van der Waals surface area contributed by atoms with Crippen molar-refractivity contribution in [2.75, 3.05) is 0 Å². The SMILES string of the molecule is Fc1cccc(Cl)c1Sc1cc[nH]n1. The van der Waals surface area contributed by atoms with E-state index in [1.54, 1.807) is 24.4 Å². The standard InChI is InChI=1S/C9H6ClFN2S/c10-6-2-1-3-7(11)9(6)14-8-4-5-12-13-8/h1-5H,(H,12,13). The van der Waals surface area contributed by atoms with Crippen LogP contribution in [0.1, 0.15) is 0 Å². The van der Waals surface area contributed by atoms with Gasteiger partial charge in [0.25, 0.3) is 0 Å². The maximum atomic E-state index is 13.3. The highest BCUT2D eigenvalue weighted by Crippen LogP contribution is 2.33. The first-order valence-corrected chi connectivity index (χ1v) is 5.08. The van der Waals surface area contributed by atoms with Crippen LogP contribution in [0, 0.1) is 5.82 Å². The van der Waals surface area contributed by atoms with E-state index in [9.17, 15) is 4.39 Å². The van der Waals surface area contributed by atoms with Gasteiger partial charge in [0.1, 0.15) is 10.8 Å². The fourth-order valence-electron chi connectivity index (χ4n) is 0.988. The van der Waals surface area contributed by atoms with Crippen molar-refractivity contribution in [3.8, 4) is 0 Å². The van der Waals surface area contributed by atoms with E-state index < -0.39 is 0 Å². The lowest BCUT2D eigenvalue weighted by Crippen LogP contribution is -1.82. The Balaban J connectivity index is 2.33. The van der Waals surface area contributed by atoms with Crippen LogP contribution < -0.4 is 0 Å². The van der Waals surface area contributed by atoms with Gasteiger partial charge in [0, 0.05) is 6.20 Å². The van der Waals surface area contributed by atoms with E-state index in [-0.39, 0.29) is 5.82 Å². The van der Waals surface area contributed by atoms with Crippen molar-refractivity contribution in [1.29, 1.82) is 0 Å². The maximum Gasteiger partial charge on any atom is 0.138 e. The van der Waals surface area contributed by atoms with Gasteiger partial charge in [-0.05, 0) is 18.2 Å². The molecule has 0 aliphatic heterocycles. The Morgan fingerprint density at radius 2 is 2.21 bits per heavy atom. The van der Waals surface area contributed by atoms with Gasteiger partial charge in [-0.2, -0.15) is 5.10 Å². The summed E-state index contributed by atoms with van der Waals surface area (Å²) in [5, 5.41) is 7.65. The van der Waals surface area contributed by atoms with E-state index in [1.165, 1.54) is 17.8 Å². The van der Waals surface area contributed by atoms with E-state index >= 15 is 0 Å². The lowest BCUT2D eigenvalue weighted by molar-refractivity contribution is 0.602. The van der Waals surface area contributed by atoms with Gasteiger partial charge in [0.05, 0.1) is 9.92 Å². The first kappa shape index (κ1) is 9.55. The minimum absolute atomic E-state index is 0.328. The summed E-state index contributed by atoms with van der Waals surface area (Å²) in [6, 6.07) is 6.36. The molecule has 2 nitrogen and oxygen atoms in total. The number of hydrogen-bond donors (Lipinski definition) is 1. The highest BCUT2D eigenvalue weighted by Gasteiger charge is 2.09. The Labute approximate surface area is 89.5 Å². The molecule has 0 unspecified atom stereocenters. The molecule has 5 heteroatoms. The van der Waals surface area contributed by atoms with E-state index in [4.69, 9.17) is 11.6 Å². The molecule has 0 amide bonds. The first-order chi connectivity index (χ1) is 6.77. The monoisotopic (exact) mass is 228 g/mol. The molecule has 1 heterocycles. The van der Waals surface area contributed by atoms with E-state index in [0.29, 0.717) is 14.9 Å². The third kappa shape index (κ3) is 1.91. The Morgan fingerprint density at radius 3 is 2.86 bits per heavy atom. The number of hydrogen-bond acceptors (Lipinski definition) is 2. The summed E-state index contributed by atoms with van der Waals surface area (Å²) < 4.78 is 13.3. The number of halogens is 2. The van der Waals surface area contributed by atoms with Crippen molar-refractivity contribution in [2.24, 2.45) is 0 Å². The van der Waals surface area contributed by atoms with Crippen LogP contribution in [0.25, 0.3) is 0 Å². The van der Waals surface area contributed by atoms with Gasteiger partial charge < -0.3 is 0 Å². The molecule has 0 aliphatic rings. The maximum absolute atomic E-state index is 13.3. The third-order valence-corrected chi connectivity index (χ3v) is 3.08. The van der Waals surface area contributed by atoms with Crippen molar-refractivity contribution in [1.82, 2.24) is 10.2 Å². The fourth-order valence-corrected chi connectivity index (χ4v) is 2.04. The zero-order chi connectivity index (χ0) is 9.97. The van der Waals surface area contributed by atoms with Crippen LogP contribution in [0.4, 0.5) is 4.39 Å². The predicted molar refractivity (Wildman–Crippen MR) is 54.1 cm³/mol. The highest BCUT2D eigenvalue weighted by atomic mass is 35.5. The molecular weight excluding hydrogens is 223 g/mol. The van der Waals surface area contributed by atoms with Crippen LogP contribution in [0.2, 0.25) is 5.02 Å². The van der Waals surface area contributed by atoms with Gasteiger partial charge in [-0.25, -0.2) is 4.39 Å². The quantitative estimate of drug-likeness (QED) is 0.854. The molecular formula is C9H6ClFN2S. The molecule has 0 aliphatic carbocycles. The highest BCUT2D eigenvalue weighted by molar-refractivity contribution is 7.99. The molecule has 0 spiro atoms. The van der Waals surface area contributed by atoms with Crippen molar-refractivity contribution in [2.45, 2.75) is 9.92 Å². The molecule has 0 atom stereocenters. The average Bonchev–Trinajstić information content (AvgIpc) is 2.64. The van der Waals surface area contributed by atoms with Crippen molar-refractivity contribution in [3.63, 3.8) is 0 Å². The van der Waals surface area contributed by atoms with E-state index in [2.05, 4.69) is 10.2 Å². The molecule has 2 rings (SSSR count). The summed E-state index contributed by atoms with van der Waals surface area (Å²) in [6.45, 7) is 0. The topological polar surface area (TPSA) is 28.7 Å². The molecule has 1 aromatic carbocycles. The van der Waals surface area contributed by atoms with Gasteiger partial charge in [0.15, 0.2) is 0 Å². The smallest absolute Gasteiger partial charge is 0.138 e. The third-order valence-electron chi connectivity index (χ3n) is 1.60. The van der Waals surface area contributed by atoms with E-state index in [1.807, 2.05) is 0 Å². The number of aromatic amines is 1. The number of nitrogens with one attached hydrogen (secondary N) is 1. The van der Waals surface area contributed by atoms with Gasteiger partial charge in [-0.1, -0.05) is 29.4 Å². The zero-order valence-corrected chi connectivity index (χ0v) is 8.57. The number of H-pyrrole nitrogens is 1. The molecule has 0 radical (unpaired) electrons. The summed E-state index contributed by atoms with van der Waals surface area (Å²) in [7, 11) is 0. The minimum Gasteiger partial charge on any atom is -0.285 e. The second-order valence-electron chi connectivity index (χ2n) is 2.57. The van der Waals surface area contributed by atoms with E-state index in [0.717, 1.165) is 0 Å². The normalized spacial score (nSPS) is 10.4. The van der Waals surface area contributed by atoms with Gasteiger partial charge in [-0.3, -0.25) is 5.10 Å². The number of benzene rings is 1. The number of aromatic nitrogens is 2. The Bertz CT molecular complexity index is 410. The van der Waals surface area contributed by atoms with Crippen LogP contribution >= 0.6 is 23.4 Å². The Morgan fingerprint density at radius 1 is 1.36 bits per heavy atom. The van der Waals surface area contributed by atoms with Crippen molar-refractivity contribution in [3.05, 3.63) is 41.3 Å². The second-order valence-corrected chi connectivity index (χ2v) is 4.00. The summed E-state index contributed by atoms with van der Waals surface area (Å²) in [5.41, 5.74) is 0. The van der Waals surface area contributed by atoms with Crippen LogP contribution in [0.15, 0.2) is 40.4 Å². The molecule has 0 fully saturated rings. The molecule has 0 saturated carbocycles. The molecule has 1 N–H and O–H groups in total. The van der Waals surface area contributed by atoms with Crippen LogP contribution in [-0.2, 0) is 0 Å². The van der Waals surface area contributed by atoms with Gasteiger partial charge >= 0.3 is 0 Å². The fraction of sp³-hybridized carbons (Fsp3) is 0. The van der Waals surface area contributed by atoms with Crippen molar-refractivity contribution >= 4 is 23.4 Å². The lowest BCUT2D eigenvalue weighted by Gasteiger charge is -2.01. The number of nitrogens with zero attached hydrogens (tertiary/aromatic N) is 1. The first-order valence-electron chi connectivity index (χ1n) is 3.89. The molecule has 2 aromatic rings. The average molecular weight is 229 g/mol. The summed E-state index contributed by atoms with van der Waals surface area (Å²) in [5.74, 6) is -0.328. The molecule has 0 bridgehead atoms. The molecule has 1 aromatic heterocycles. The van der Waals surface area contributed by atoms with Crippen molar-refractivity contribution < 1.29 is 4.39 Å². The van der Waals surface area contributed by atoms with Gasteiger partial charge in [-0.15, -0.1) is 0 Å². The molecule has 72 valence electrons. The predicted octanol–water partition coefficient (Wildman–Crippen LogP) is 3.35. The Kier molecular flexibility index (Phi) is 2.74. The summed E-state index contributed by atoms with van der Waals surface area (Å²) in [4.78, 5) is 0.404. The lowest BCUT2D eigenvalue weighted by atomic mass is 10.3. The zero-order valence-electron chi connectivity index (χ0n) is 7.00. The largest absolute Gasteiger partial charge is 0.285 e.